The highest BCUT2D eigenvalue weighted by atomic mass is 32.2. The van der Waals surface area contributed by atoms with Gasteiger partial charge in [-0.2, -0.15) is 11.8 Å². The summed E-state index contributed by atoms with van der Waals surface area (Å²) in [6, 6.07) is 18.6. The summed E-state index contributed by atoms with van der Waals surface area (Å²) in [6.07, 6.45) is 2.22. The predicted molar refractivity (Wildman–Crippen MR) is 132 cm³/mol. The van der Waals surface area contributed by atoms with Crippen molar-refractivity contribution in [1.82, 2.24) is 14.9 Å². The highest BCUT2D eigenvalue weighted by molar-refractivity contribution is 7.98. The normalized spacial score (nSPS) is 11.3. The Bertz CT molecular complexity index is 1230. The van der Waals surface area contributed by atoms with E-state index in [2.05, 4.69) is 50.5 Å². The number of aromatic amines is 1. The zero-order valence-corrected chi connectivity index (χ0v) is 19.2. The molecule has 166 valence electrons. The van der Waals surface area contributed by atoms with Gasteiger partial charge < -0.3 is 14.6 Å². The van der Waals surface area contributed by atoms with Crippen molar-refractivity contribution in [2.45, 2.75) is 18.7 Å². The van der Waals surface area contributed by atoms with Crippen LogP contribution in [0.3, 0.4) is 0 Å². The summed E-state index contributed by atoms with van der Waals surface area (Å²) in [7, 11) is 4.05. The molecule has 0 saturated heterocycles. The molecule has 2 heterocycles. The van der Waals surface area contributed by atoms with Gasteiger partial charge in [-0.25, -0.2) is 4.98 Å². The first-order valence-electron chi connectivity index (χ1n) is 10.7. The Morgan fingerprint density at radius 1 is 1.06 bits per heavy atom. The van der Waals surface area contributed by atoms with Crippen molar-refractivity contribution in [3.8, 4) is 0 Å². The zero-order chi connectivity index (χ0) is 22.3. The lowest BCUT2D eigenvalue weighted by atomic mass is 10.0. The van der Waals surface area contributed by atoms with E-state index in [1.54, 1.807) is 18.0 Å². The standard InChI is InChI=1S/C25H28N4O2S/c1-29(2)16-22-9-10-23(31-22)17-32-12-11-26-25-27-15-21(24(30)28-25)14-18-7-8-19-5-3-4-6-20(19)13-18/h3-10,13,15H,11-12,14,16-17H2,1-2H3,(H2,26,27,28,30). The molecule has 0 radical (unpaired) electrons. The molecule has 0 aliphatic rings. The molecule has 2 aromatic carbocycles. The van der Waals surface area contributed by atoms with Gasteiger partial charge in [0, 0.05) is 30.5 Å². The van der Waals surface area contributed by atoms with E-state index in [4.69, 9.17) is 4.42 Å². The first kappa shape index (κ1) is 22.2. The molecule has 0 atom stereocenters. The van der Waals surface area contributed by atoms with Crippen LogP contribution in [0.1, 0.15) is 22.6 Å². The lowest BCUT2D eigenvalue weighted by molar-refractivity contribution is 0.344. The minimum atomic E-state index is -0.104. The van der Waals surface area contributed by atoms with Crippen LogP contribution in [0.25, 0.3) is 10.8 Å². The van der Waals surface area contributed by atoms with E-state index in [0.29, 0.717) is 24.5 Å². The zero-order valence-electron chi connectivity index (χ0n) is 18.4. The molecule has 2 N–H and O–H groups in total. The molecule has 0 bridgehead atoms. The fourth-order valence-electron chi connectivity index (χ4n) is 3.52. The van der Waals surface area contributed by atoms with Gasteiger partial charge in [-0.1, -0.05) is 42.5 Å². The topological polar surface area (TPSA) is 74.2 Å². The SMILES string of the molecule is CN(C)Cc1ccc(CSCCNc2ncc(Cc3ccc4ccccc4c3)c(=O)[nH]2)o1. The molecule has 0 fully saturated rings. The van der Waals surface area contributed by atoms with Crippen LogP contribution in [0.4, 0.5) is 5.95 Å². The number of thioether (sulfide) groups is 1. The van der Waals surface area contributed by atoms with Gasteiger partial charge in [0.1, 0.15) is 11.5 Å². The lowest BCUT2D eigenvalue weighted by Gasteiger charge is -2.07. The number of hydrogen-bond donors (Lipinski definition) is 2. The summed E-state index contributed by atoms with van der Waals surface area (Å²) >= 11 is 1.78. The van der Waals surface area contributed by atoms with E-state index in [-0.39, 0.29) is 5.56 Å². The maximum absolute atomic E-state index is 12.5. The van der Waals surface area contributed by atoms with Crippen molar-refractivity contribution in [2.75, 3.05) is 31.7 Å². The molecule has 0 unspecified atom stereocenters. The first-order valence-corrected chi connectivity index (χ1v) is 11.8. The van der Waals surface area contributed by atoms with Crippen molar-refractivity contribution in [3.05, 3.63) is 93.8 Å². The lowest BCUT2D eigenvalue weighted by Crippen LogP contribution is -2.18. The van der Waals surface area contributed by atoms with Crippen LogP contribution in [0, 0.1) is 0 Å². The number of nitrogens with one attached hydrogen (secondary N) is 2. The molecule has 6 nitrogen and oxygen atoms in total. The third kappa shape index (κ3) is 6.02. The van der Waals surface area contributed by atoms with Gasteiger partial charge in [0.15, 0.2) is 0 Å². The number of H-pyrrole nitrogens is 1. The van der Waals surface area contributed by atoms with Crippen LogP contribution in [-0.2, 0) is 18.7 Å². The van der Waals surface area contributed by atoms with E-state index < -0.39 is 0 Å². The minimum Gasteiger partial charge on any atom is -0.464 e. The molecule has 2 aromatic heterocycles. The molecule has 0 spiro atoms. The van der Waals surface area contributed by atoms with E-state index in [9.17, 15) is 4.79 Å². The highest BCUT2D eigenvalue weighted by Gasteiger charge is 2.06. The predicted octanol–water partition coefficient (Wildman–Crippen LogP) is 4.51. The van der Waals surface area contributed by atoms with Crippen LogP contribution in [-0.4, -0.2) is 41.3 Å². The molecule has 4 rings (SSSR count). The second kappa shape index (κ2) is 10.5. The number of aromatic nitrogens is 2. The van der Waals surface area contributed by atoms with Gasteiger partial charge in [-0.05, 0) is 42.6 Å². The van der Waals surface area contributed by atoms with E-state index in [1.165, 1.54) is 10.8 Å². The smallest absolute Gasteiger partial charge is 0.255 e. The molecule has 4 aromatic rings. The second-order valence-corrected chi connectivity index (χ2v) is 9.13. The summed E-state index contributed by atoms with van der Waals surface area (Å²) in [5.74, 6) is 4.17. The number of benzene rings is 2. The highest BCUT2D eigenvalue weighted by Crippen LogP contribution is 2.18. The van der Waals surface area contributed by atoms with Crippen molar-refractivity contribution >= 4 is 28.5 Å². The number of furan rings is 1. The summed E-state index contributed by atoms with van der Waals surface area (Å²) in [6.45, 7) is 1.52. The molecule has 0 aliphatic carbocycles. The van der Waals surface area contributed by atoms with Gasteiger partial charge in [0.05, 0.1) is 12.3 Å². The Balaban J connectivity index is 1.25. The van der Waals surface area contributed by atoms with Crippen molar-refractivity contribution in [1.29, 1.82) is 0 Å². The monoisotopic (exact) mass is 448 g/mol. The van der Waals surface area contributed by atoms with E-state index >= 15 is 0 Å². The molecule has 0 aliphatic heterocycles. The maximum Gasteiger partial charge on any atom is 0.255 e. The molecule has 0 saturated carbocycles. The fraction of sp³-hybridized carbons (Fsp3) is 0.280. The quantitative estimate of drug-likeness (QED) is 0.348. The summed E-state index contributed by atoms with van der Waals surface area (Å²) < 4.78 is 5.82. The van der Waals surface area contributed by atoms with Gasteiger partial charge >= 0.3 is 0 Å². The Hall–Kier alpha value is -3.03. The Morgan fingerprint density at radius 2 is 1.88 bits per heavy atom. The number of anilines is 1. The number of rotatable bonds is 10. The van der Waals surface area contributed by atoms with Crippen LogP contribution in [0.2, 0.25) is 0 Å². The molecule has 7 heteroatoms. The Labute approximate surface area is 192 Å². The van der Waals surface area contributed by atoms with Crippen molar-refractivity contribution in [2.24, 2.45) is 0 Å². The van der Waals surface area contributed by atoms with Crippen LogP contribution in [0.5, 0.6) is 0 Å². The van der Waals surface area contributed by atoms with Gasteiger partial charge in [-0.15, -0.1) is 0 Å². The van der Waals surface area contributed by atoms with Crippen LogP contribution in [0.15, 0.2) is 70.0 Å². The Kier molecular flexibility index (Phi) is 7.29. The van der Waals surface area contributed by atoms with Gasteiger partial charge in [0.2, 0.25) is 5.95 Å². The minimum absolute atomic E-state index is 0.104. The average molecular weight is 449 g/mol. The van der Waals surface area contributed by atoms with Crippen LogP contribution >= 0.6 is 11.8 Å². The number of nitrogens with zero attached hydrogens (tertiary/aromatic N) is 2. The third-order valence-electron chi connectivity index (χ3n) is 5.05. The first-order chi connectivity index (χ1) is 15.6. The Morgan fingerprint density at radius 3 is 2.69 bits per heavy atom. The van der Waals surface area contributed by atoms with Gasteiger partial charge in [-0.3, -0.25) is 9.78 Å². The average Bonchev–Trinajstić information content (AvgIpc) is 3.21. The van der Waals surface area contributed by atoms with Gasteiger partial charge in [0.25, 0.3) is 5.56 Å². The van der Waals surface area contributed by atoms with E-state index in [0.717, 1.165) is 35.1 Å². The van der Waals surface area contributed by atoms with Crippen molar-refractivity contribution in [3.63, 3.8) is 0 Å². The summed E-state index contributed by atoms with van der Waals surface area (Å²) in [5, 5.41) is 5.56. The van der Waals surface area contributed by atoms with Crippen LogP contribution < -0.4 is 10.9 Å². The summed E-state index contributed by atoms with van der Waals surface area (Å²) in [5.41, 5.74) is 1.65. The number of fused-ring (bicyclic) bond motifs is 1. The largest absolute Gasteiger partial charge is 0.464 e. The third-order valence-corrected chi connectivity index (χ3v) is 6.04. The fourth-order valence-corrected chi connectivity index (χ4v) is 4.26. The molecular weight excluding hydrogens is 420 g/mol. The number of hydrogen-bond acceptors (Lipinski definition) is 6. The molecular formula is C25H28N4O2S. The molecule has 0 amide bonds. The van der Waals surface area contributed by atoms with Crippen molar-refractivity contribution < 1.29 is 4.42 Å². The second-order valence-electron chi connectivity index (χ2n) is 8.03. The molecule has 32 heavy (non-hydrogen) atoms. The summed E-state index contributed by atoms with van der Waals surface area (Å²) in [4.78, 5) is 21.8. The van der Waals surface area contributed by atoms with E-state index in [1.807, 2.05) is 38.4 Å². The maximum atomic E-state index is 12.5.